The van der Waals surface area contributed by atoms with Gasteiger partial charge in [0.05, 0.1) is 6.04 Å². The fraction of sp³-hybridized carbons (Fsp3) is 0.562. The third kappa shape index (κ3) is 4.32. The summed E-state index contributed by atoms with van der Waals surface area (Å²) < 4.78 is 0. The number of carbonyl (C=O) groups is 1. The molecule has 0 saturated carbocycles. The summed E-state index contributed by atoms with van der Waals surface area (Å²) >= 11 is 0. The highest BCUT2D eigenvalue weighted by Gasteiger charge is 2.23. The summed E-state index contributed by atoms with van der Waals surface area (Å²) in [6.07, 6.45) is 3.56. The van der Waals surface area contributed by atoms with Gasteiger partial charge in [-0.3, -0.25) is 4.79 Å². The first-order valence-corrected chi connectivity index (χ1v) is 7.42. The summed E-state index contributed by atoms with van der Waals surface area (Å²) in [4.78, 5) is 13.6. The minimum absolute atomic E-state index is 0.235. The van der Waals surface area contributed by atoms with Gasteiger partial charge in [0, 0.05) is 6.54 Å². The first-order valence-electron chi connectivity index (χ1n) is 7.42. The molecule has 1 fully saturated rings. The van der Waals surface area contributed by atoms with Crippen molar-refractivity contribution in [3.63, 3.8) is 0 Å². The number of piperidine rings is 1. The van der Waals surface area contributed by atoms with E-state index in [0.29, 0.717) is 0 Å². The van der Waals surface area contributed by atoms with Gasteiger partial charge < -0.3 is 16.0 Å². The van der Waals surface area contributed by atoms with Crippen LogP contribution >= 0.6 is 0 Å². The fourth-order valence-corrected chi connectivity index (χ4v) is 2.90. The topological polar surface area (TPSA) is 58.4 Å². The van der Waals surface area contributed by atoms with Crippen LogP contribution in [0.4, 0.5) is 0 Å². The second-order valence-corrected chi connectivity index (χ2v) is 5.68. The van der Waals surface area contributed by atoms with Gasteiger partial charge in [0.15, 0.2) is 0 Å². The molecule has 0 spiro atoms. The van der Waals surface area contributed by atoms with Gasteiger partial charge >= 0.3 is 0 Å². The Balaban J connectivity index is 1.76. The summed E-state index contributed by atoms with van der Waals surface area (Å²) in [7, 11) is 1.79. The van der Waals surface area contributed by atoms with Crippen LogP contribution in [-0.4, -0.2) is 43.5 Å². The minimum atomic E-state index is -0.265. The van der Waals surface area contributed by atoms with Crippen molar-refractivity contribution in [1.29, 1.82) is 0 Å². The molecule has 1 saturated heterocycles. The number of benzene rings is 1. The zero-order chi connectivity index (χ0) is 14.4. The Kier molecular flexibility index (Phi) is 5.56. The molecule has 0 aliphatic carbocycles. The average molecular weight is 275 g/mol. The maximum atomic E-state index is 11.2. The number of hydrogen-bond acceptors (Lipinski definition) is 3. The molecule has 20 heavy (non-hydrogen) atoms. The molecule has 1 aliphatic rings. The molecule has 2 rings (SSSR count). The van der Waals surface area contributed by atoms with E-state index < -0.39 is 0 Å². The van der Waals surface area contributed by atoms with Gasteiger partial charge in [0.1, 0.15) is 0 Å². The van der Waals surface area contributed by atoms with E-state index in [9.17, 15) is 4.79 Å². The van der Waals surface area contributed by atoms with Crippen LogP contribution in [0.2, 0.25) is 0 Å². The van der Waals surface area contributed by atoms with Crippen LogP contribution in [0, 0.1) is 5.92 Å². The molecule has 1 amide bonds. The summed E-state index contributed by atoms with van der Waals surface area (Å²) in [5.74, 6) is 0.495. The molecule has 4 heteroatoms. The lowest BCUT2D eigenvalue weighted by molar-refractivity contribution is -0.120. The van der Waals surface area contributed by atoms with Crippen LogP contribution in [-0.2, 0) is 11.2 Å². The second-order valence-electron chi connectivity index (χ2n) is 5.68. The van der Waals surface area contributed by atoms with E-state index in [1.807, 2.05) is 0 Å². The maximum Gasteiger partial charge on any atom is 0.235 e. The molecular formula is C16H25N3O. The van der Waals surface area contributed by atoms with E-state index in [0.717, 1.165) is 25.6 Å². The van der Waals surface area contributed by atoms with Crippen molar-refractivity contribution in [1.82, 2.24) is 10.2 Å². The average Bonchev–Trinajstić information content (AvgIpc) is 2.47. The number of amides is 1. The zero-order valence-electron chi connectivity index (χ0n) is 12.2. The third-order valence-corrected chi connectivity index (χ3v) is 4.21. The maximum absolute atomic E-state index is 11.2. The Bertz CT molecular complexity index is 413. The highest BCUT2D eigenvalue weighted by molar-refractivity contribution is 5.80. The first kappa shape index (κ1) is 15.0. The number of nitrogens with zero attached hydrogens (tertiary/aromatic N) is 1. The van der Waals surface area contributed by atoms with E-state index in [4.69, 9.17) is 5.73 Å². The molecule has 0 radical (unpaired) electrons. The van der Waals surface area contributed by atoms with Crippen molar-refractivity contribution in [2.75, 3.05) is 26.7 Å². The van der Waals surface area contributed by atoms with E-state index in [1.54, 1.807) is 7.05 Å². The molecule has 0 aromatic heterocycles. The van der Waals surface area contributed by atoms with Crippen LogP contribution in [0.3, 0.4) is 0 Å². The van der Waals surface area contributed by atoms with Crippen molar-refractivity contribution in [2.45, 2.75) is 25.3 Å². The molecule has 1 aromatic carbocycles. The van der Waals surface area contributed by atoms with Gasteiger partial charge in [-0.25, -0.2) is 0 Å². The first-order chi connectivity index (χ1) is 9.69. The van der Waals surface area contributed by atoms with Crippen molar-refractivity contribution in [3.05, 3.63) is 35.9 Å². The highest BCUT2D eigenvalue weighted by atomic mass is 16.1. The number of rotatable bonds is 6. The number of nitrogens with two attached hydrogens (primary N) is 1. The van der Waals surface area contributed by atoms with Gasteiger partial charge in [-0.15, -0.1) is 0 Å². The third-order valence-electron chi connectivity index (χ3n) is 4.21. The lowest BCUT2D eigenvalue weighted by Crippen LogP contribution is -2.49. The normalized spacial score (nSPS) is 18.9. The molecule has 3 N–H and O–H groups in total. The molecule has 1 unspecified atom stereocenters. The van der Waals surface area contributed by atoms with Crippen molar-refractivity contribution >= 4 is 5.91 Å². The molecule has 110 valence electrons. The number of likely N-dealkylation sites (tertiary alicyclic amines) is 1. The quantitative estimate of drug-likeness (QED) is 0.815. The molecule has 4 nitrogen and oxygen atoms in total. The monoisotopic (exact) mass is 275 g/mol. The summed E-state index contributed by atoms with van der Waals surface area (Å²) in [6, 6.07) is 10.4. The Morgan fingerprint density at radius 2 is 2.00 bits per heavy atom. The Morgan fingerprint density at radius 3 is 2.55 bits per heavy atom. The number of primary amides is 1. The van der Waals surface area contributed by atoms with Gasteiger partial charge in [-0.1, -0.05) is 30.3 Å². The SMILES string of the molecule is CNC(CN1CCC(Cc2ccccc2)CC1)C(N)=O. The summed E-state index contributed by atoms with van der Waals surface area (Å²) in [6.45, 7) is 2.84. The lowest BCUT2D eigenvalue weighted by atomic mass is 9.90. The standard InChI is InChI=1S/C16H25N3O/c1-18-15(16(17)20)12-19-9-7-14(8-10-19)11-13-5-3-2-4-6-13/h2-6,14-15,18H,7-12H2,1H3,(H2,17,20). The largest absolute Gasteiger partial charge is 0.368 e. The molecule has 1 heterocycles. The van der Waals surface area contributed by atoms with Crippen LogP contribution in [0.25, 0.3) is 0 Å². The molecule has 0 bridgehead atoms. The highest BCUT2D eigenvalue weighted by Crippen LogP contribution is 2.21. The smallest absolute Gasteiger partial charge is 0.235 e. The number of likely N-dealkylation sites (N-methyl/N-ethyl adjacent to an activating group) is 1. The Morgan fingerprint density at radius 1 is 1.35 bits per heavy atom. The number of hydrogen-bond donors (Lipinski definition) is 2. The number of carbonyl (C=O) groups excluding carboxylic acids is 1. The Hall–Kier alpha value is -1.39. The van der Waals surface area contributed by atoms with Gasteiger partial charge in [-0.2, -0.15) is 0 Å². The van der Waals surface area contributed by atoms with E-state index >= 15 is 0 Å². The van der Waals surface area contributed by atoms with Crippen LogP contribution in [0.15, 0.2) is 30.3 Å². The summed E-state index contributed by atoms with van der Waals surface area (Å²) in [5, 5.41) is 2.98. The summed E-state index contributed by atoms with van der Waals surface area (Å²) in [5.41, 5.74) is 6.79. The van der Waals surface area contributed by atoms with Crippen LogP contribution in [0.5, 0.6) is 0 Å². The predicted molar refractivity (Wildman–Crippen MR) is 81.4 cm³/mol. The minimum Gasteiger partial charge on any atom is -0.368 e. The molecular weight excluding hydrogens is 250 g/mol. The van der Waals surface area contributed by atoms with E-state index in [-0.39, 0.29) is 11.9 Å². The van der Waals surface area contributed by atoms with Crippen molar-refractivity contribution in [3.8, 4) is 0 Å². The van der Waals surface area contributed by atoms with Crippen molar-refractivity contribution in [2.24, 2.45) is 11.7 Å². The number of nitrogens with one attached hydrogen (secondary N) is 1. The van der Waals surface area contributed by atoms with Crippen LogP contribution in [0.1, 0.15) is 18.4 Å². The van der Waals surface area contributed by atoms with Crippen LogP contribution < -0.4 is 11.1 Å². The zero-order valence-corrected chi connectivity index (χ0v) is 12.2. The van der Waals surface area contributed by atoms with E-state index in [1.165, 1.54) is 24.8 Å². The van der Waals surface area contributed by atoms with Crippen molar-refractivity contribution < 1.29 is 4.79 Å². The molecule has 1 atom stereocenters. The lowest BCUT2D eigenvalue weighted by Gasteiger charge is -2.33. The van der Waals surface area contributed by atoms with Gasteiger partial charge in [0.25, 0.3) is 0 Å². The Labute approximate surface area is 121 Å². The molecule has 1 aromatic rings. The predicted octanol–water partition coefficient (Wildman–Crippen LogP) is 1.01. The van der Waals surface area contributed by atoms with Gasteiger partial charge in [0.2, 0.25) is 5.91 Å². The molecule has 1 aliphatic heterocycles. The van der Waals surface area contributed by atoms with E-state index in [2.05, 4.69) is 40.5 Å². The fourth-order valence-electron chi connectivity index (χ4n) is 2.90. The van der Waals surface area contributed by atoms with Gasteiger partial charge in [-0.05, 0) is 50.9 Å². The second kappa shape index (κ2) is 7.41.